The minimum Gasteiger partial charge on any atom is -0.0654 e. The molecule has 0 unspecified atom stereocenters. The molecular formula is C28H58O5Sn2. The standard InChI is InChI=1S/2C12H24O2.4CH3.O.2Sn/c2*1-2-3-4-5-6-7-8-9-10-11-12(13)14;;;;;;;/h2*2-11H2,1H3,(H,13,14);4*1H3;;;/q;;;;;;;2*+1/p-2. The van der Waals surface area contributed by atoms with Gasteiger partial charge in [0.05, 0.1) is 0 Å². The van der Waals surface area contributed by atoms with Crippen LogP contribution in [0.25, 0.3) is 0 Å². The van der Waals surface area contributed by atoms with Crippen LogP contribution in [0, 0.1) is 0 Å². The normalized spacial score (nSPS) is 12.1. The van der Waals surface area contributed by atoms with Gasteiger partial charge in [0.2, 0.25) is 0 Å². The molecule has 0 aliphatic heterocycles. The first-order valence-corrected chi connectivity index (χ1v) is 30.8. The number of hydrogen-bond acceptors (Lipinski definition) is 5. The van der Waals surface area contributed by atoms with Gasteiger partial charge >= 0.3 is 216 Å². The van der Waals surface area contributed by atoms with E-state index in [2.05, 4.69) is 13.8 Å². The number of carbonyl (C=O) groups excluding carboxylic acids is 2. The van der Waals surface area contributed by atoms with E-state index in [0.717, 1.165) is 25.7 Å². The van der Waals surface area contributed by atoms with E-state index in [-0.39, 0.29) is 11.9 Å². The summed E-state index contributed by atoms with van der Waals surface area (Å²) >= 11 is -6.95. The number of carbonyl (C=O) groups is 2. The summed E-state index contributed by atoms with van der Waals surface area (Å²) in [7, 11) is 0. The predicted molar refractivity (Wildman–Crippen MR) is 152 cm³/mol. The third-order valence-corrected chi connectivity index (χ3v) is 31.9. The Morgan fingerprint density at radius 3 is 1.00 bits per heavy atom. The first-order chi connectivity index (χ1) is 16.6. The van der Waals surface area contributed by atoms with Crippen LogP contribution in [0.4, 0.5) is 0 Å². The molecule has 0 spiro atoms. The molecule has 0 N–H and O–H groups in total. The molecule has 35 heavy (non-hydrogen) atoms. The van der Waals surface area contributed by atoms with Gasteiger partial charge in [-0.1, -0.05) is 13.8 Å². The molecule has 0 aromatic carbocycles. The van der Waals surface area contributed by atoms with Crippen molar-refractivity contribution in [3.05, 3.63) is 0 Å². The van der Waals surface area contributed by atoms with E-state index >= 15 is 0 Å². The van der Waals surface area contributed by atoms with Gasteiger partial charge in [-0.3, -0.25) is 0 Å². The predicted octanol–water partition coefficient (Wildman–Crippen LogP) is 9.33. The van der Waals surface area contributed by atoms with E-state index in [1.165, 1.54) is 89.9 Å². The van der Waals surface area contributed by atoms with E-state index in [9.17, 15) is 9.59 Å². The summed E-state index contributed by atoms with van der Waals surface area (Å²) < 4.78 is 17.9. The van der Waals surface area contributed by atoms with Crippen molar-refractivity contribution in [1.29, 1.82) is 0 Å². The molecule has 0 aliphatic carbocycles. The van der Waals surface area contributed by atoms with E-state index < -0.39 is 38.4 Å². The fourth-order valence-electron chi connectivity index (χ4n) is 4.44. The Labute approximate surface area is 228 Å². The molecular weight excluding hydrogens is 654 g/mol. The van der Waals surface area contributed by atoms with Crippen LogP contribution >= 0.6 is 0 Å². The Morgan fingerprint density at radius 2 is 0.714 bits per heavy atom. The van der Waals surface area contributed by atoms with Gasteiger partial charge in [-0.15, -0.1) is 0 Å². The molecule has 0 saturated heterocycles. The summed E-state index contributed by atoms with van der Waals surface area (Å²) in [5, 5.41) is 0. The van der Waals surface area contributed by atoms with Gasteiger partial charge in [0, 0.05) is 0 Å². The Morgan fingerprint density at radius 1 is 0.457 bits per heavy atom. The van der Waals surface area contributed by atoms with Crippen molar-refractivity contribution in [3.63, 3.8) is 0 Å². The second-order valence-electron chi connectivity index (χ2n) is 11.0. The van der Waals surface area contributed by atoms with Gasteiger partial charge in [-0.05, 0) is 0 Å². The van der Waals surface area contributed by atoms with Crippen LogP contribution in [0.2, 0.25) is 19.8 Å². The van der Waals surface area contributed by atoms with Gasteiger partial charge in [-0.2, -0.15) is 0 Å². The van der Waals surface area contributed by atoms with Crippen LogP contribution in [0.3, 0.4) is 0 Å². The van der Waals surface area contributed by atoms with Crippen molar-refractivity contribution >= 4 is 50.3 Å². The third kappa shape index (κ3) is 24.6. The smallest absolute Gasteiger partial charge is 0.0654 e. The molecule has 0 heterocycles. The average Bonchev–Trinajstić information content (AvgIpc) is 2.75. The Hall–Kier alpha value is 0.497. The minimum absolute atomic E-state index is 0.142. The van der Waals surface area contributed by atoms with Crippen LogP contribution in [-0.4, -0.2) is 50.3 Å². The zero-order valence-electron chi connectivity index (χ0n) is 24.2. The molecule has 208 valence electrons. The molecule has 0 radical (unpaired) electrons. The Bertz CT molecular complexity index is 491. The molecule has 7 heteroatoms. The number of hydrogen-bond donors (Lipinski definition) is 0. The van der Waals surface area contributed by atoms with E-state index in [1.54, 1.807) is 0 Å². The third-order valence-electron chi connectivity index (χ3n) is 6.18. The topological polar surface area (TPSA) is 61.8 Å². The molecule has 0 bridgehead atoms. The molecule has 0 amide bonds. The Balaban J connectivity index is 3.96. The minimum atomic E-state index is -3.48. The first-order valence-electron chi connectivity index (χ1n) is 14.8. The summed E-state index contributed by atoms with van der Waals surface area (Å²) in [5.74, 6) is -0.284. The van der Waals surface area contributed by atoms with Crippen molar-refractivity contribution in [3.8, 4) is 0 Å². The summed E-state index contributed by atoms with van der Waals surface area (Å²) in [5.41, 5.74) is 0. The summed E-state index contributed by atoms with van der Waals surface area (Å²) in [4.78, 5) is 32.5. The van der Waals surface area contributed by atoms with Crippen molar-refractivity contribution in [2.75, 3.05) is 0 Å². The van der Waals surface area contributed by atoms with Gasteiger partial charge in [0.25, 0.3) is 0 Å². The Kier molecular flexibility index (Phi) is 22.8. The monoisotopic (exact) mass is 714 g/mol. The molecule has 0 aromatic rings. The molecule has 0 rings (SSSR count). The fraction of sp³-hybridized carbons (Fsp3) is 0.929. The molecule has 0 aromatic heterocycles. The molecule has 0 aliphatic rings. The number of rotatable bonds is 24. The maximum atomic E-state index is 12.3. The second-order valence-corrected chi connectivity index (χ2v) is 32.6. The summed E-state index contributed by atoms with van der Waals surface area (Å²) in [6, 6.07) is 0. The van der Waals surface area contributed by atoms with E-state index in [4.69, 9.17) is 7.56 Å². The summed E-state index contributed by atoms with van der Waals surface area (Å²) in [6.07, 6.45) is 23.0. The number of unbranched alkanes of at least 4 members (excludes halogenated alkanes) is 16. The molecule has 0 saturated carbocycles. The average molecular weight is 712 g/mol. The van der Waals surface area contributed by atoms with Crippen LogP contribution in [0.1, 0.15) is 142 Å². The van der Waals surface area contributed by atoms with Crippen molar-refractivity contribution in [1.82, 2.24) is 0 Å². The zero-order chi connectivity index (χ0) is 26.4. The quantitative estimate of drug-likeness (QED) is 0.0738. The maximum absolute atomic E-state index is 12.3. The SMILES string of the molecule is CCCCCCCCCCCC(=O)[O][Sn]([CH3])([CH3])[O][Sn]([CH3])([CH3])[O]C(=O)CCCCCCCCCCC. The van der Waals surface area contributed by atoms with Crippen LogP contribution in [0.15, 0.2) is 0 Å². The summed E-state index contributed by atoms with van der Waals surface area (Å²) in [6.45, 7) is 4.48. The molecule has 5 nitrogen and oxygen atoms in total. The van der Waals surface area contributed by atoms with Crippen LogP contribution in [0.5, 0.6) is 0 Å². The molecule has 0 fully saturated rings. The van der Waals surface area contributed by atoms with Gasteiger partial charge in [0.1, 0.15) is 0 Å². The van der Waals surface area contributed by atoms with Gasteiger partial charge in [0.15, 0.2) is 0 Å². The zero-order valence-corrected chi connectivity index (χ0v) is 29.9. The van der Waals surface area contributed by atoms with Crippen molar-refractivity contribution in [2.24, 2.45) is 0 Å². The first kappa shape index (κ1) is 35.5. The van der Waals surface area contributed by atoms with Gasteiger partial charge in [-0.25, -0.2) is 0 Å². The van der Waals surface area contributed by atoms with E-state index in [0.29, 0.717) is 12.8 Å². The van der Waals surface area contributed by atoms with Crippen LogP contribution in [-0.2, 0) is 17.1 Å². The second kappa shape index (κ2) is 22.5. The fourth-order valence-corrected chi connectivity index (χ4v) is 36.0. The van der Waals surface area contributed by atoms with Gasteiger partial charge < -0.3 is 0 Å². The van der Waals surface area contributed by atoms with Crippen molar-refractivity contribution in [2.45, 2.75) is 162 Å². The van der Waals surface area contributed by atoms with E-state index in [1.807, 2.05) is 19.8 Å². The molecule has 0 atom stereocenters. The van der Waals surface area contributed by atoms with Crippen molar-refractivity contribution < 1.29 is 17.1 Å². The van der Waals surface area contributed by atoms with Crippen LogP contribution < -0.4 is 0 Å².